The fraction of sp³-hybridized carbons (Fsp3) is 0.571. The van der Waals surface area contributed by atoms with Crippen LogP contribution in [0, 0.1) is 11.8 Å². The minimum absolute atomic E-state index is 0.0153. The van der Waals surface area contributed by atoms with Gasteiger partial charge in [-0.05, 0) is 30.4 Å². The van der Waals surface area contributed by atoms with E-state index in [1.807, 2.05) is 0 Å². The molecule has 30 heavy (non-hydrogen) atoms. The van der Waals surface area contributed by atoms with Crippen LogP contribution in [-0.4, -0.2) is 49.2 Å². The van der Waals surface area contributed by atoms with Crippen molar-refractivity contribution in [1.29, 1.82) is 0 Å². The van der Waals surface area contributed by atoms with E-state index in [0.717, 1.165) is 12.8 Å². The zero-order valence-corrected chi connectivity index (χ0v) is 18.9. The second kappa shape index (κ2) is 10.1. The number of nitrogens with one attached hydrogen (secondary N) is 1. The van der Waals surface area contributed by atoms with Crippen LogP contribution in [-0.2, 0) is 4.79 Å². The van der Waals surface area contributed by atoms with Gasteiger partial charge in [0.1, 0.15) is 0 Å². The first-order valence-corrected chi connectivity index (χ1v) is 11.0. The van der Waals surface area contributed by atoms with Gasteiger partial charge in [0, 0.05) is 11.6 Å². The van der Waals surface area contributed by atoms with Crippen molar-refractivity contribution >= 4 is 17.7 Å². The van der Waals surface area contributed by atoms with Gasteiger partial charge < -0.3 is 23.9 Å². The fourth-order valence-electron chi connectivity index (χ4n) is 3.75. The molecule has 9 heteroatoms. The third-order valence-electron chi connectivity index (χ3n) is 5.70. The van der Waals surface area contributed by atoms with Crippen LogP contribution in [0.2, 0.25) is 0 Å². The molecule has 1 aromatic heterocycles. The molecule has 2 aromatic rings. The lowest BCUT2D eigenvalue weighted by Gasteiger charge is -2.34. The number of nitrogens with zero attached hydrogens (tertiary/aromatic N) is 2. The molecule has 1 aliphatic rings. The Morgan fingerprint density at radius 2 is 1.83 bits per heavy atom. The highest BCUT2D eigenvalue weighted by Crippen LogP contribution is 2.41. The molecule has 1 N–H and O–H groups in total. The second-order valence-corrected chi connectivity index (χ2v) is 8.44. The molecule has 0 aliphatic heterocycles. The molecule has 8 nitrogen and oxygen atoms in total. The van der Waals surface area contributed by atoms with Gasteiger partial charge in [0.25, 0.3) is 5.22 Å². The van der Waals surface area contributed by atoms with Crippen molar-refractivity contribution in [2.24, 2.45) is 11.8 Å². The summed E-state index contributed by atoms with van der Waals surface area (Å²) in [6.07, 6.45) is 3.42. The minimum atomic E-state index is -0.0153. The van der Waals surface area contributed by atoms with E-state index >= 15 is 0 Å². The van der Waals surface area contributed by atoms with Gasteiger partial charge in [-0.15, -0.1) is 10.2 Å². The molecule has 3 unspecified atom stereocenters. The summed E-state index contributed by atoms with van der Waals surface area (Å²) >= 11 is 1.22. The van der Waals surface area contributed by atoms with E-state index < -0.39 is 0 Å². The normalized spacial score (nSPS) is 21.2. The Bertz CT molecular complexity index is 847. The first-order chi connectivity index (χ1) is 14.5. The Balaban J connectivity index is 1.63. The third-order valence-corrected chi connectivity index (χ3v) is 6.52. The van der Waals surface area contributed by atoms with Crippen LogP contribution in [0.1, 0.15) is 33.1 Å². The molecule has 3 rings (SSSR count). The number of carbonyl (C=O) groups is 1. The molecule has 1 saturated carbocycles. The van der Waals surface area contributed by atoms with Gasteiger partial charge in [0.05, 0.1) is 27.1 Å². The number of thioether (sulfide) groups is 1. The van der Waals surface area contributed by atoms with Crippen LogP contribution in [0.4, 0.5) is 0 Å². The molecule has 1 fully saturated rings. The summed E-state index contributed by atoms with van der Waals surface area (Å²) in [5.74, 6) is 3.13. The van der Waals surface area contributed by atoms with E-state index in [9.17, 15) is 4.79 Å². The van der Waals surface area contributed by atoms with Gasteiger partial charge in [0.2, 0.25) is 17.5 Å². The predicted molar refractivity (Wildman–Crippen MR) is 114 cm³/mol. The van der Waals surface area contributed by atoms with Crippen molar-refractivity contribution in [2.75, 3.05) is 27.1 Å². The zero-order valence-electron chi connectivity index (χ0n) is 18.1. The predicted octanol–water partition coefficient (Wildman–Crippen LogP) is 3.80. The number of rotatable bonds is 8. The van der Waals surface area contributed by atoms with Crippen LogP contribution in [0.5, 0.6) is 17.2 Å². The summed E-state index contributed by atoms with van der Waals surface area (Å²) in [6.45, 7) is 4.46. The van der Waals surface area contributed by atoms with E-state index in [1.54, 1.807) is 33.5 Å². The van der Waals surface area contributed by atoms with Gasteiger partial charge in [-0.1, -0.05) is 38.5 Å². The van der Waals surface area contributed by atoms with E-state index in [0.29, 0.717) is 45.8 Å². The molecule has 1 amide bonds. The zero-order chi connectivity index (χ0) is 21.7. The molecule has 0 bridgehead atoms. The first-order valence-electron chi connectivity index (χ1n) is 10.0. The SMILES string of the molecule is COc1cc(-c2nnc(SCC(=O)NC3CCCC(C)C3C)o2)cc(OC)c1OC. The number of carbonyl (C=O) groups excluding carboxylic acids is 1. The van der Waals surface area contributed by atoms with Crippen molar-refractivity contribution in [3.63, 3.8) is 0 Å². The number of aromatic nitrogens is 2. The highest BCUT2D eigenvalue weighted by molar-refractivity contribution is 7.99. The Morgan fingerprint density at radius 1 is 1.13 bits per heavy atom. The highest BCUT2D eigenvalue weighted by atomic mass is 32.2. The fourth-order valence-corrected chi connectivity index (χ4v) is 4.33. The quantitative estimate of drug-likeness (QED) is 0.626. The lowest BCUT2D eigenvalue weighted by atomic mass is 9.78. The van der Waals surface area contributed by atoms with Gasteiger partial charge in [-0.25, -0.2) is 0 Å². The molecular weight excluding hydrogens is 406 g/mol. The molecule has 164 valence electrons. The number of hydrogen-bond acceptors (Lipinski definition) is 8. The van der Waals surface area contributed by atoms with Crippen LogP contribution in [0.3, 0.4) is 0 Å². The number of methoxy groups -OCH3 is 3. The van der Waals surface area contributed by atoms with Crippen molar-refractivity contribution < 1.29 is 23.4 Å². The molecule has 3 atom stereocenters. The van der Waals surface area contributed by atoms with Crippen molar-refractivity contribution in [2.45, 2.75) is 44.4 Å². The Hall–Kier alpha value is -2.42. The van der Waals surface area contributed by atoms with E-state index in [4.69, 9.17) is 18.6 Å². The molecule has 1 heterocycles. The second-order valence-electron chi connectivity index (χ2n) is 7.52. The van der Waals surface area contributed by atoms with Gasteiger partial charge >= 0.3 is 0 Å². The lowest BCUT2D eigenvalue weighted by molar-refractivity contribution is -0.120. The Kier molecular flexibility index (Phi) is 7.47. The topological polar surface area (TPSA) is 95.7 Å². The summed E-state index contributed by atoms with van der Waals surface area (Å²) < 4.78 is 21.8. The first kappa shape index (κ1) is 22.3. The molecular formula is C21H29N3O5S. The maximum absolute atomic E-state index is 12.4. The van der Waals surface area contributed by atoms with E-state index in [1.165, 1.54) is 18.2 Å². The van der Waals surface area contributed by atoms with Crippen molar-refractivity contribution in [1.82, 2.24) is 15.5 Å². The van der Waals surface area contributed by atoms with Crippen molar-refractivity contribution in [3.8, 4) is 28.7 Å². The van der Waals surface area contributed by atoms with Crippen LogP contribution in [0.25, 0.3) is 11.5 Å². The maximum Gasteiger partial charge on any atom is 0.277 e. The van der Waals surface area contributed by atoms with Crippen LogP contribution in [0.15, 0.2) is 21.8 Å². The monoisotopic (exact) mass is 435 g/mol. The maximum atomic E-state index is 12.4. The van der Waals surface area contributed by atoms with Gasteiger partial charge in [0.15, 0.2) is 11.5 Å². The van der Waals surface area contributed by atoms with Crippen LogP contribution >= 0.6 is 11.8 Å². The standard InChI is InChI=1S/C21H29N3O5S/c1-12-7-6-8-15(13(12)2)22-18(25)11-30-21-24-23-20(29-21)14-9-16(26-3)19(28-5)17(10-14)27-4/h9-10,12-13,15H,6-8,11H2,1-5H3,(H,22,25). The number of benzene rings is 1. The summed E-state index contributed by atoms with van der Waals surface area (Å²) in [5, 5.41) is 11.6. The number of amides is 1. The third kappa shape index (κ3) is 5.00. The number of ether oxygens (including phenoxy) is 3. The lowest BCUT2D eigenvalue weighted by Crippen LogP contribution is -2.44. The highest BCUT2D eigenvalue weighted by Gasteiger charge is 2.28. The minimum Gasteiger partial charge on any atom is -0.493 e. The Labute approximate surface area is 181 Å². The van der Waals surface area contributed by atoms with Crippen LogP contribution < -0.4 is 19.5 Å². The summed E-state index contributed by atoms with van der Waals surface area (Å²) in [4.78, 5) is 12.4. The molecule has 0 spiro atoms. The molecule has 1 aromatic carbocycles. The van der Waals surface area contributed by atoms with E-state index in [-0.39, 0.29) is 17.7 Å². The summed E-state index contributed by atoms with van der Waals surface area (Å²) in [5.41, 5.74) is 0.637. The largest absolute Gasteiger partial charge is 0.493 e. The smallest absolute Gasteiger partial charge is 0.277 e. The summed E-state index contributed by atoms with van der Waals surface area (Å²) in [6, 6.07) is 3.71. The van der Waals surface area contributed by atoms with Gasteiger partial charge in [-0.3, -0.25) is 4.79 Å². The molecule has 1 aliphatic carbocycles. The molecule has 0 saturated heterocycles. The summed E-state index contributed by atoms with van der Waals surface area (Å²) in [7, 11) is 4.63. The van der Waals surface area contributed by atoms with Crippen molar-refractivity contribution in [3.05, 3.63) is 12.1 Å². The van der Waals surface area contributed by atoms with E-state index in [2.05, 4.69) is 29.4 Å². The average molecular weight is 436 g/mol. The number of hydrogen-bond donors (Lipinski definition) is 1. The molecule has 0 radical (unpaired) electrons. The average Bonchev–Trinajstić information content (AvgIpc) is 3.23. The Morgan fingerprint density at radius 3 is 2.47 bits per heavy atom. The van der Waals surface area contributed by atoms with Gasteiger partial charge in [-0.2, -0.15) is 0 Å².